The van der Waals surface area contributed by atoms with E-state index >= 15 is 0 Å². The van der Waals surface area contributed by atoms with E-state index in [0.717, 1.165) is 30.2 Å². The first-order valence-electron chi connectivity index (χ1n) is 10.0. The van der Waals surface area contributed by atoms with Crippen LogP contribution in [0.25, 0.3) is 0 Å². The molecule has 10 heteroatoms. The molecule has 2 unspecified atom stereocenters. The maximum Gasteiger partial charge on any atom is 0.343 e. The molecule has 0 bridgehead atoms. The normalized spacial score (nSPS) is 18.6. The monoisotopic (exact) mass is 462 g/mol. The van der Waals surface area contributed by atoms with E-state index in [1.54, 1.807) is 6.07 Å². The van der Waals surface area contributed by atoms with E-state index < -0.39 is 21.8 Å². The Morgan fingerprint density at radius 1 is 1.28 bits per heavy atom. The molecule has 1 N–H and O–H groups in total. The van der Waals surface area contributed by atoms with Crippen molar-refractivity contribution < 1.29 is 31.9 Å². The zero-order chi connectivity index (χ0) is 23.2. The number of esters is 1. The van der Waals surface area contributed by atoms with Gasteiger partial charge in [-0.15, -0.1) is 0 Å². The quantitative estimate of drug-likeness (QED) is 0.663. The number of hydrogen-bond donors (Lipinski definition) is 1. The van der Waals surface area contributed by atoms with Gasteiger partial charge in [0.1, 0.15) is 17.1 Å². The predicted molar refractivity (Wildman–Crippen MR) is 113 cm³/mol. The largest absolute Gasteiger partial charge is 0.492 e. The number of fused-ring (bicyclic) bond motifs is 3. The van der Waals surface area contributed by atoms with Crippen molar-refractivity contribution in [3.05, 3.63) is 52.8 Å². The van der Waals surface area contributed by atoms with Crippen LogP contribution in [-0.4, -0.2) is 46.0 Å². The van der Waals surface area contributed by atoms with Crippen LogP contribution in [0.5, 0.6) is 5.75 Å². The first kappa shape index (κ1) is 22.1. The van der Waals surface area contributed by atoms with Gasteiger partial charge in [-0.25, -0.2) is 17.6 Å². The third-order valence-corrected chi connectivity index (χ3v) is 7.31. The van der Waals surface area contributed by atoms with E-state index in [9.17, 15) is 22.4 Å². The van der Waals surface area contributed by atoms with Crippen molar-refractivity contribution in [2.45, 2.75) is 30.7 Å². The van der Waals surface area contributed by atoms with Gasteiger partial charge in [0, 0.05) is 26.4 Å². The zero-order valence-corrected chi connectivity index (χ0v) is 18.7. The molecule has 170 valence electrons. The van der Waals surface area contributed by atoms with Crippen molar-refractivity contribution in [1.29, 1.82) is 0 Å². The van der Waals surface area contributed by atoms with Crippen LogP contribution in [0.3, 0.4) is 0 Å². The number of methoxy groups -OCH3 is 1. The molecule has 0 aromatic heterocycles. The first-order valence-corrected chi connectivity index (χ1v) is 11.5. The summed E-state index contributed by atoms with van der Waals surface area (Å²) in [6.45, 7) is 1.67. The molecule has 4 rings (SSSR count). The molecule has 2 aromatic carbocycles. The van der Waals surface area contributed by atoms with E-state index in [2.05, 4.69) is 4.72 Å². The van der Waals surface area contributed by atoms with Gasteiger partial charge in [0.2, 0.25) is 5.91 Å². The van der Waals surface area contributed by atoms with Crippen molar-refractivity contribution in [2.24, 2.45) is 5.92 Å². The summed E-state index contributed by atoms with van der Waals surface area (Å²) in [6.07, 6.45) is 0.960. The molecule has 0 saturated heterocycles. The van der Waals surface area contributed by atoms with Gasteiger partial charge in [0.25, 0.3) is 10.0 Å². The van der Waals surface area contributed by atoms with Gasteiger partial charge in [-0.1, -0.05) is 6.07 Å². The van der Waals surface area contributed by atoms with Gasteiger partial charge in [0.15, 0.2) is 0 Å². The second-order valence-corrected chi connectivity index (χ2v) is 9.69. The number of carbonyl (C=O) groups excluding carboxylic acids is 2. The fraction of sp³-hybridized carbons (Fsp3) is 0.364. The van der Waals surface area contributed by atoms with Crippen LogP contribution >= 0.6 is 0 Å². The van der Waals surface area contributed by atoms with E-state index in [1.165, 1.54) is 32.0 Å². The van der Waals surface area contributed by atoms with Crippen LogP contribution in [0.4, 0.5) is 10.1 Å². The average Bonchev–Trinajstić information content (AvgIpc) is 3.52. The summed E-state index contributed by atoms with van der Waals surface area (Å²) in [5.74, 6) is -0.633. The number of nitrogens with zero attached hydrogens (tertiary/aromatic N) is 1. The Labute approximate surface area is 185 Å². The van der Waals surface area contributed by atoms with Crippen molar-refractivity contribution in [3.63, 3.8) is 0 Å². The van der Waals surface area contributed by atoms with Gasteiger partial charge < -0.3 is 14.4 Å². The number of carbonyl (C=O) groups is 2. The molecule has 1 amide bonds. The van der Waals surface area contributed by atoms with Crippen LogP contribution in [0, 0.1) is 11.7 Å². The summed E-state index contributed by atoms with van der Waals surface area (Å²) in [5.41, 5.74) is 0.966. The molecule has 8 nitrogen and oxygen atoms in total. The Hall–Kier alpha value is -3.14. The van der Waals surface area contributed by atoms with E-state index in [-0.39, 0.29) is 34.2 Å². The minimum atomic E-state index is -4.24. The molecule has 1 heterocycles. The van der Waals surface area contributed by atoms with Gasteiger partial charge in [-0.2, -0.15) is 0 Å². The van der Waals surface area contributed by atoms with Crippen molar-refractivity contribution in [2.75, 3.05) is 25.5 Å². The summed E-state index contributed by atoms with van der Waals surface area (Å²) in [7, 11) is -1.55. The maximum absolute atomic E-state index is 13.9. The average molecular weight is 462 g/mol. The Balaban J connectivity index is 1.75. The Morgan fingerprint density at radius 2 is 2.03 bits per heavy atom. The van der Waals surface area contributed by atoms with Crippen molar-refractivity contribution >= 4 is 27.6 Å². The molecule has 1 saturated carbocycles. The first-order chi connectivity index (χ1) is 15.1. The number of anilines is 1. The van der Waals surface area contributed by atoms with Crippen LogP contribution in [0.2, 0.25) is 0 Å². The van der Waals surface area contributed by atoms with Crippen molar-refractivity contribution in [3.8, 4) is 5.75 Å². The smallest absolute Gasteiger partial charge is 0.343 e. The highest BCUT2D eigenvalue weighted by atomic mass is 32.2. The predicted octanol–water partition coefficient (Wildman–Crippen LogP) is 2.89. The summed E-state index contributed by atoms with van der Waals surface area (Å²) in [4.78, 5) is 25.2. The van der Waals surface area contributed by atoms with E-state index in [4.69, 9.17) is 9.47 Å². The third-order valence-electron chi connectivity index (χ3n) is 5.84. The van der Waals surface area contributed by atoms with Gasteiger partial charge in [-0.05, 0) is 47.7 Å². The fourth-order valence-electron chi connectivity index (χ4n) is 3.94. The molecule has 32 heavy (non-hydrogen) atoms. The lowest BCUT2D eigenvalue weighted by atomic mass is 10.0. The van der Waals surface area contributed by atoms with Crippen LogP contribution in [0.1, 0.15) is 40.7 Å². The summed E-state index contributed by atoms with van der Waals surface area (Å²) >= 11 is 0. The molecule has 1 aliphatic carbocycles. The summed E-state index contributed by atoms with van der Waals surface area (Å²) in [6, 6.07) is 6.48. The summed E-state index contributed by atoms with van der Waals surface area (Å²) in [5, 5.41) is 0. The number of sulfonamides is 1. The van der Waals surface area contributed by atoms with Crippen LogP contribution < -0.4 is 9.46 Å². The highest BCUT2D eigenvalue weighted by Crippen LogP contribution is 2.55. The standard InChI is InChI=1S/C22H23FN2O6S/c1-12(26)25(2)10-13-8-15(23)4-7-19(13)32(28,29)24-18-6-5-16-17-9-14(17)11-31-21(16)20(18)22(27)30-3/h4-8,14,17,24H,9-11H2,1-3H3. The Bertz CT molecular complexity index is 1210. The van der Waals surface area contributed by atoms with Gasteiger partial charge in [0.05, 0.1) is 24.3 Å². The highest BCUT2D eigenvalue weighted by molar-refractivity contribution is 7.92. The molecule has 2 atom stereocenters. The maximum atomic E-state index is 13.9. The number of benzene rings is 2. The second kappa shape index (κ2) is 8.09. The number of hydrogen-bond acceptors (Lipinski definition) is 6. The summed E-state index contributed by atoms with van der Waals surface area (Å²) < 4.78 is 53.5. The molecule has 2 aliphatic rings. The van der Waals surface area contributed by atoms with E-state index in [1.807, 2.05) is 0 Å². The Kier molecular flexibility index (Phi) is 5.58. The second-order valence-electron chi connectivity index (χ2n) is 8.04. The molecular weight excluding hydrogens is 439 g/mol. The third kappa shape index (κ3) is 4.02. The fourth-order valence-corrected chi connectivity index (χ4v) is 5.22. The van der Waals surface area contributed by atoms with Gasteiger partial charge >= 0.3 is 5.97 Å². The molecule has 1 aliphatic heterocycles. The van der Waals surface area contributed by atoms with Crippen LogP contribution in [0.15, 0.2) is 35.2 Å². The highest BCUT2D eigenvalue weighted by Gasteiger charge is 2.45. The SMILES string of the molecule is COC(=O)c1c(NS(=O)(=O)c2ccc(F)cc2CN(C)C(C)=O)ccc2c1OCC1CC21. The number of nitrogens with one attached hydrogen (secondary N) is 1. The van der Waals surface area contributed by atoms with Gasteiger partial charge in [-0.3, -0.25) is 9.52 Å². The number of rotatable bonds is 6. The Morgan fingerprint density at radius 3 is 2.72 bits per heavy atom. The van der Waals surface area contributed by atoms with E-state index in [0.29, 0.717) is 24.2 Å². The minimum Gasteiger partial charge on any atom is -0.492 e. The molecule has 1 fully saturated rings. The lowest BCUT2D eigenvalue weighted by Crippen LogP contribution is -2.25. The van der Waals surface area contributed by atoms with Crippen molar-refractivity contribution in [1.82, 2.24) is 4.90 Å². The zero-order valence-electron chi connectivity index (χ0n) is 17.8. The molecule has 0 radical (unpaired) electrons. The number of halogens is 1. The number of ether oxygens (including phenoxy) is 2. The molecule has 2 aromatic rings. The molecule has 0 spiro atoms. The lowest BCUT2D eigenvalue weighted by molar-refractivity contribution is -0.128. The van der Waals surface area contributed by atoms with Crippen LogP contribution in [-0.2, 0) is 26.1 Å². The molecular formula is C22H23FN2O6S. The number of amides is 1. The topological polar surface area (TPSA) is 102 Å². The lowest BCUT2D eigenvalue weighted by Gasteiger charge is -2.22. The minimum absolute atomic E-state index is 0.00319.